The van der Waals surface area contributed by atoms with E-state index in [9.17, 15) is 5.11 Å². The Hall–Kier alpha value is -1.33. The Bertz CT molecular complexity index is 302. The van der Waals surface area contributed by atoms with Crippen LogP contribution in [-0.2, 0) is 0 Å². The fourth-order valence-corrected chi connectivity index (χ4v) is 1.49. The fraction of sp³-hybridized carbons (Fsp3) is 0.417. The van der Waals surface area contributed by atoms with Gasteiger partial charge in [0, 0.05) is 0 Å². The Kier molecular flexibility index (Phi) is 4.15. The molecule has 0 saturated heterocycles. The minimum atomic E-state index is -0.652. The van der Waals surface area contributed by atoms with Crippen molar-refractivity contribution in [3.63, 3.8) is 0 Å². The average molecular weight is 189 g/mol. The molecule has 2 atom stereocenters. The monoisotopic (exact) mass is 189 g/mol. The second-order valence-electron chi connectivity index (χ2n) is 3.38. The molecule has 0 aliphatic carbocycles. The highest BCUT2D eigenvalue weighted by Gasteiger charge is 2.18. The Morgan fingerprint density at radius 3 is 2.50 bits per heavy atom. The van der Waals surface area contributed by atoms with Crippen molar-refractivity contribution in [2.75, 3.05) is 0 Å². The van der Waals surface area contributed by atoms with Crippen LogP contribution in [0.5, 0.6) is 0 Å². The van der Waals surface area contributed by atoms with Crippen molar-refractivity contribution in [2.24, 2.45) is 5.92 Å². The SMILES string of the molecule is CCCC(C#N)C(O)c1ccccc1. The summed E-state index contributed by atoms with van der Waals surface area (Å²) < 4.78 is 0. The molecule has 1 rings (SSSR count). The molecule has 0 bridgehead atoms. The number of hydrogen-bond acceptors (Lipinski definition) is 2. The van der Waals surface area contributed by atoms with E-state index < -0.39 is 6.10 Å². The van der Waals surface area contributed by atoms with Crippen molar-refractivity contribution in [3.05, 3.63) is 35.9 Å². The molecule has 1 aromatic rings. The molecule has 74 valence electrons. The number of aliphatic hydroxyl groups excluding tert-OH is 1. The summed E-state index contributed by atoms with van der Waals surface area (Å²) >= 11 is 0. The van der Waals surface area contributed by atoms with Gasteiger partial charge in [0.2, 0.25) is 0 Å². The van der Waals surface area contributed by atoms with Crippen molar-refractivity contribution in [1.29, 1.82) is 5.26 Å². The summed E-state index contributed by atoms with van der Waals surface area (Å²) in [6.07, 6.45) is 1.01. The Morgan fingerprint density at radius 2 is 2.00 bits per heavy atom. The van der Waals surface area contributed by atoms with Crippen LogP contribution in [0.1, 0.15) is 31.4 Å². The molecule has 2 unspecified atom stereocenters. The Morgan fingerprint density at radius 1 is 1.36 bits per heavy atom. The van der Waals surface area contributed by atoms with Gasteiger partial charge in [-0.05, 0) is 12.0 Å². The molecule has 2 nitrogen and oxygen atoms in total. The standard InChI is InChI=1S/C12H15NO/c1-2-6-11(9-13)12(14)10-7-4-3-5-8-10/h3-5,7-8,11-12,14H,2,6H2,1H3. The molecule has 1 aromatic carbocycles. The molecule has 0 amide bonds. The lowest BCUT2D eigenvalue weighted by atomic mass is 9.93. The minimum absolute atomic E-state index is 0.289. The maximum atomic E-state index is 9.89. The number of rotatable bonds is 4. The number of nitrogens with zero attached hydrogens (tertiary/aromatic N) is 1. The van der Waals surface area contributed by atoms with Crippen molar-refractivity contribution in [2.45, 2.75) is 25.9 Å². The van der Waals surface area contributed by atoms with Crippen LogP contribution < -0.4 is 0 Å². The highest BCUT2D eigenvalue weighted by atomic mass is 16.3. The molecule has 0 aliphatic rings. The van der Waals surface area contributed by atoms with Crippen LogP contribution in [0.4, 0.5) is 0 Å². The first kappa shape index (κ1) is 10.7. The molecule has 0 heterocycles. The molecule has 0 aliphatic heterocycles. The van der Waals surface area contributed by atoms with Gasteiger partial charge in [-0.3, -0.25) is 0 Å². The van der Waals surface area contributed by atoms with Crippen LogP contribution in [0.15, 0.2) is 30.3 Å². The van der Waals surface area contributed by atoms with Crippen molar-refractivity contribution in [3.8, 4) is 6.07 Å². The third-order valence-electron chi connectivity index (χ3n) is 2.29. The first-order chi connectivity index (χ1) is 6.79. The van der Waals surface area contributed by atoms with Crippen LogP contribution in [0.2, 0.25) is 0 Å². The van der Waals surface area contributed by atoms with Gasteiger partial charge in [-0.1, -0.05) is 43.7 Å². The second kappa shape index (κ2) is 5.41. The number of hydrogen-bond donors (Lipinski definition) is 1. The largest absolute Gasteiger partial charge is 0.387 e. The summed E-state index contributed by atoms with van der Waals surface area (Å²) in [5, 5.41) is 18.8. The zero-order chi connectivity index (χ0) is 10.4. The van der Waals surface area contributed by atoms with Crippen LogP contribution in [-0.4, -0.2) is 5.11 Å². The van der Waals surface area contributed by atoms with E-state index in [0.29, 0.717) is 0 Å². The maximum Gasteiger partial charge on any atom is 0.0948 e. The summed E-state index contributed by atoms with van der Waals surface area (Å²) in [5.74, 6) is -0.289. The van der Waals surface area contributed by atoms with Crippen LogP contribution in [0.3, 0.4) is 0 Å². The topological polar surface area (TPSA) is 44.0 Å². The lowest BCUT2D eigenvalue weighted by molar-refractivity contribution is 0.130. The summed E-state index contributed by atoms with van der Waals surface area (Å²) in [5.41, 5.74) is 0.826. The highest BCUT2D eigenvalue weighted by molar-refractivity contribution is 5.19. The summed E-state index contributed by atoms with van der Waals surface area (Å²) in [6.45, 7) is 2.02. The molecule has 0 saturated carbocycles. The van der Waals surface area contributed by atoms with Gasteiger partial charge >= 0.3 is 0 Å². The van der Waals surface area contributed by atoms with Gasteiger partial charge < -0.3 is 5.11 Å². The average Bonchev–Trinajstić information content (AvgIpc) is 2.26. The van der Waals surface area contributed by atoms with E-state index in [2.05, 4.69) is 6.07 Å². The molecule has 0 aromatic heterocycles. The lowest BCUT2D eigenvalue weighted by Crippen LogP contribution is -2.10. The van der Waals surface area contributed by atoms with E-state index >= 15 is 0 Å². The van der Waals surface area contributed by atoms with Gasteiger partial charge in [0.1, 0.15) is 0 Å². The Labute approximate surface area is 84.8 Å². The highest BCUT2D eigenvalue weighted by Crippen LogP contribution is 2.24. The number of aliphatic hydroxyl groups is 1. The Balaban J connectivity index is 2.74. The molecule has 14 heavy (non-hydrogen) atoms. The molecule has 1 N–H and O–H groups in total. The zero-order valence-electron chi connectivity index (χ0n) is 8.35. The van der Waals surface area contributed by atoms with Crippen LogP contribution in [0, 0.1) is 17.2 Å². The third-order valence-corrected chi connectivity index (χ3v) is 2.29. The van der Waals surface area contributed by atoms with E-state index in [1.165, 1.54) is 0 Å². The van der Waals surface area contributed by atoms with E-state index in [0.717, 1.165) is 18.4 Å². The number of nitriles is 1. The normalized spacial score (nSPS) is 14.4. The van der Waals surface area contributed by atoms with E-state index in [1.54, 1.807) is 0 Å². The summed E-state index contributed by atoms with van der Waals surface area (Å²) in [4.78, 5) is 0. The van der Waals surface area contributed by atoms with Gasteiger partial charge in [0.25, 0.3) is 0 Å². The van der Waals surface area contributed by atoms with Gasteiger partial charge in [-0.2, -0.15) is 5.26 Å². The predicted octanol–water partition coefficient (Wildman–Crippen LogP) is 2.66. The first-order valence-corrected chi connectivity index (χ1v) is 4.92. The van der Waals surface area contributed by atoms with Gasteiger partial charge in [-0.15, -0.1) is 0 Å². The van der Waals surface area contributed by atoms with Crippen LogP contribution >= 0.6 is 0 Å². The number of benzene rings is 1. The molecular formula is C12H15NO. The van der Waals surface area contributed by atoms with Crippen molar-refractivity contribution < 1.29 is 5.11 Å². The van der Waals surface area contributed by atoms with E-state index in [4.69, 9.17) is 5.26 Å². The summed E-state index contributed by atoms with van der Waals surface area (Å²) in [7, 11) is 0. The van der Waals surface area contributed by atoms with Crippen LogP contribution in [0.25, 0.3) is 0 Å². The third kappa shape index (κ3) is 2.58. The second-order valence-corrected chi connectivity index (χ2v) is 3.38. The van der Waals surface area contributed by atoms with Crippen molar-refractivity contribution >= 4 is 0 Å². The lowest BCUT2D eigenvalue weighted by Gasteiger charge is -2.15. The molecule has 0 fully saturated rings. The first-order valence-electron chi connectivity index (χ1n) is 4.92. The zero-order valence-corrected chi connectivity index (χ0v) is 8.35. The van der Waals surface area contributed by atoms with E-state index in [-0.39, 0.29) is 5.92 Å². The molecule has 2 heteroatoms. The van der Waals surface area contributed by atoms with Gasteiger partial charge in [-0.25, -0.2) is 0 Å². The molecule has 0 radical (unpaired) electrons. The van der Waals surface area contributed by atoms with Gasteiger partial charge in [0.15, 0.2) is 0 Å². The molecular weight excluding hydrogens is 174 g/mol. The fourth-order valence-electron chi connectivity index (χ4n) is 1.49. The smallest absolute Gasteiger partial charge is 0.0948 e. The molecule has 0 spiro atoms. The van der Waals surface area contributed by atoms with Crippen molar-refractivity contribution in [1.82, 2.24) is 0 Å². The van der Waals surface area contributed by atoms with E-state index in [1.807, 2.05) is 37.3 Å². The van der Waals surface area contributed by atoms with Gasteiger partial charge in [0.05, 0.1) is 18.1 Å². The maximum absolute atomic E-state index is 9.89. The quantitative estimate of drug-likeness (QED) is 0.791. The minimum Gasteiger partial charge on any atom is -0.387 e. The predicted molar refractivity (Wildman–Crippen MR) is 55.4 cm³/mol. The summed E-state index contributed by atoms with van der Waals surface area (Å²) in [6, 6.07) is 11.5.